The van der Waals surface area contributed by atoms with Crippen molar-refractivity contribution in [1.29, 1.82) is 0 Å². The molecule has 0 aliphatic carbocycles. The van der Waals surface area contributed by atoms with Gasteiger partial charge in [-0.3, -0.25) is 0 Å². The number of hydrogen-bond donors (Lipinski definition) is 0. The molecule has 0 saturated carbocycles. The zero-order chi connectivity index (χ0) is 34.4. The van der Waals surface area contributed by atoms with E-state index >= 15 is 0 Å². The van der Waals surface area contributed by atoms with Crippen LogP contribution in [0.3, 0.4) is 0 Å². The minimum atomic E-state index is 1.16. The molecule has 2 heteroatoms. The van der Waals surface area contributed by atoms with Gasteiger partial charge in [-0.15, -0.1) is 0 Å². The molecule has 52 heavy (non-hydrogen) atoms. The first-order chi connectivity index (χ1) is 25.8. The zero-order valence-corrected chi connectivity index (χ0v) is 28.5. The van der Waals surface area contributed by atoms with Crippen molar-refractivity contribution in [3.05, 3.63) is 205 Å². The van der Waals surface area contributed by atoms with Crippen LogP contribution in [0.2, 0.25) is 0 Å². The molecule has 8 aromatic carbocycles. The van der Waals surface area contributed by atoms with E-state index in [1.54, 1.807) is 0 Å². The average Bonchev–Trinajstić information content (AvgIpc) is 3.73. The normalized spacial score (nSPS) is 11.8. The molecule has 0 radical (unpaired) electrons. The number of benzene rings is 8. The number of hydrogen-bond acceptors (Lipinski definition) is 0. The van der Waals surface area contributed by atoms with Crippen LogP contribution in [0.4, 0.5) is 0 Å². The Balaban J connectivity index is 0.958. The highest BCUT2D eigenvalue weighted by Crippen LogP contribution is 2.37. The lowest BCUT2D eigenvalue weighted by atomic mass is 9.99. The molecule has 2 nitrogen and oxygen atoms in total. The van der Waals surface area contributed by atoms with Crippen molar-refractivity contribution in [2.45, 2.75) is 0 Å². The summed E-state index contributed by atoms with van der Waals surface area (Å²) in [5, 5.41) is 5.09. The molecule has 0 fully saturated rings. The van der Waals surface area contributed by atoms with Crippen molar-refractivity contribution in [3.63, 3.8) is 0 Å². The minimum absolute atomic E-state index is 1.16. The Hall–Kier alpha value is -6.90. The fourth-order valence-electron chi connectivity index (χ4n) is 7.92. The van der Waals surface area contributed by atoms with Crippen LogP contribution in [-0.2, 0) is 0 Å². The van der Waals surface area contributed by atoms with E-state index in [0.717, 1.165) is 11.3 Å². The summed E-state index contributed by atoms with van der Waals surface area (Å²) >= 11 is 0. The highest BCUT2D eigenvalue weighted by atomic mass is 15.0. The molecule has 0 aliphatic rings. The SMILES string of the molecule is C(=Cc1cccc(-c2ccccc2-n2c3ccccc3c3ccccc32)c1)c1cccc(-c2ccc(-n3c4ccccc4c4ccccc43)cc2)c1. The van der Waals surface area contributed by atoms with Gasteiger partial charge in [-0.1, -0.05) is 152 Å². The molecule has 2 aromatic heterocycles. The zero-order valence-electron chi connectivity index (χ0n) is 28.5. The Kier molecular flexibility index (Phi) is 7.18. The van der Waals surface area contributed by atoms with Crippen molar-refractivity contribution in [1.82, 2.24) is 9.13 Å². The molecule has 0 spiro atoms. The quantitative estimate of drug-likeness (QED) is 0.157. The van der Waals surface area contributed by atoms with Crippen LogP contribution in [0.15, 0.2) is 194 Å². The second-order valence-corrected chi connectivity index (χ2v) is 13.4. The number of para-hydroxylation sites is 5. The number of nitrogens with zero attached hydrogens (tertiary/aromatic N) is 2. The number of rotatable bonds is 6. The minimum Gasteiger partial charge on any atom is -0.309 e. The standard InChI is InChI=1S/C50H34N2/c1-6-22-46(52-49-25-9-4-20-44(49)45-21-5-10-26-50(45)52)41(17-1)39-16-12-14-36(34-39)28-27-35-13-11-15-38(33-35)37-29-31-40(32-30-37)51-47-23-7-2-18-42(47)43-19-3-8-24-48(43)51/h1-34H. The first-order valence-corrected chi connectivity index (χ1v) is 17.9. The molecule has 244 valence electrons. The largest absolute Gasteiger partial charge is 0.309 e. The summed E-state index contributed by atoms with van der Waals surface area (Å²) in [7, 11) is 0. The molecular weight excluding hydrogens is 629 g/mol. The van der Waals surface area contributed by atoms with Gasteiger partial charge in [0, 0.05) is 32.8 Å². The highest BCUT2D eigenvalue weighted by molar-refractivity contribution is 6.10. The second kappa shape index (κ2) is 12.5. The van der Waals surface area contributed by atoms with Crippen LogP contribution < -0.4 is 0 Å². The van der Waals surface area contributed by atoms with Gasteiger partial charge in [-0.05, 0) is 82.4 Å². The molecule has 2 heterocycles. The van der Waals surface area contributed by atoms with Gasteiger partial charge in [-0.2, -0.15) is 0 Å². The van der Waals surface area contributed by atoms with E-state index in [2.05, 4.69) is 215 Å². The van der Waals surface area contributed by atoms with Crippen LogP contribution in [0.1, 0.15) is 11.1 Å². The third kappa shape index (κ3) is 5.04. The van der Waals surface area contributed by atoms with Crippen molar-refractivity contribution in [2.75, 3.05) is 0 Å². The van der Waals surface area contributed by atoms with Gasteiger partial charge >= 0.3 is 0 Å². The predicted molar refractivity (Wildman–Crippen MR) is 221 cm³/mol. The van der Waals surface area contributed by atoms with Crippen LogP contribution in [0.25, 0.3) is 89.4 Å². The van der Waals surface area contributed by atoms with Crippen LogP contribution >= 0.6 is 0 Å². The highest BCUT2D eigenvalue weighted by Gasteiger charge is 2.15. The smallest absolute Gasteiger partial charge is 0.0541 e. The van der Waals surface area contributed by atoms with Gasteiger partial charge in [0.1, 0.15) is 0 Å². The summed E-state index contributed by atoms with van der Waals surface area (Å²) in [6.45, 7) is 0. The van der Waals surface area contributed by atoms with Crippen LogP contribution in [-0.4, -0.2) is 9.13 Å². The van der Waals surface area contributed by atoms with Crippen LogP contribution in [0, 0.1) is 0 Å². The molecule has 0 atom stereocenters. The molecule has 0 unspecified atom stereocenters. The van der Waals surface area contributed by atoms with Crippen LogP contribution in [0.5, 0.6) is 0 Å². The summed E-state index contributed by atoms with van der Waals surface area (Å²) in [4.78, 5) is 0. The summed E-state index contributed by atoms with van der Waals surface area (Å²) in [5.41, 5.74) is 14.3. The van der Waals surface area contributed by atoms with E-state index in [1.165, 1.54) is 77.1 Å². The van der Waals surface area contributed by atoms with E-state index in [4.69, 9.17) is 0 Å². The Morgan fingerprint density at radius 2 is 0.750 bits per heavy atom. The maximum atomic E-state index is 2.41. The van der Waals surface area contributed by atoms with E-state index in [1.807, 2.05) is 0 Å². The molecule has 0 bridgehead atoms. The summed E-state index contributed by atoms with van der Waals surface area (Å²) < 4.78 is 4.77. The average molecular weight is 663 g/mol. The number of aromatic nitrogens is 2. The fourth-order valence-corrected chi connectivity index (χ4v) is 7.92. The van der Waals surface area contributed by atoms with Crippen molar-refractivity contribution < 1.29 is 0 Å². The Bertz CT molecular complexity index is 2850. The molecule has 0 N–H and O–H groups in total. The molecule has 0 saturated heterocycles. The van der Waals surface area contributed by atoms with Gasteiger partial charge < -0.3 is 9.13 Å². The van der Waals surface area contributed by atoms with Crippen molar-refractivity contribution in [3.8, 4) is 33.6 Å². The molecule has 10 aromatic rings. The molecule has 0 aliphatic heterocycles. The lowest BCUT2D eigenvalue weighted by Crippen LogP contribution is -1.97. The van der Waals surface area contributed by atoms with E-state index < -0.39 is 0 Å². The first kappa shape index (κ1) is 30.0. The van der Waals surface area contributed by atoms with Gasteiger partial charge in [0.05, 0.1) is 27.8 Å². The maximum absolute atomic E-state index is 2.41. The van der Waals surface area contributed by atoms with E-state index in [9.17, 15) is 0 Å². The van der Waals surface area contributed by atoms with Gasteiger partial charge in [-0.25, -0.2) is 0 Å². The summed E-state index contributed by atoms with van der Waals surface area (Å²) in [5.74, 6) is 0. The third-order valence-corrected chi connectivity index (χ3v) is 10.3. The Morgan fingerprint density at radius 3 is 1.31 bits per heavy atom. The number of fused-ring (bicyclic) bond motifs is 6. The Morgan fingerprint density at radius 1 is 0.308 bits per heavy atom. The predicted octanol–water partition coefficient (Wildman–Crippen LogP) is 13.4. The van der Waals surface area contributed by atoms with E-state index in [0.29, 0.717) is 0 Å². The molecule has 0 amide bonds. The molecule has 10 rings (SSSR count). The first-order valence-electron chi connectivity index (χ1n) is 17.9. The summed E-state index contributed by atoms with van der Waals surface area (Å²) in [6.07, 6.45) is 4.44. The lowest BCUT2D eigenvalue weighted by Gasteiger charge is -2.14. The van der Waals surface area contributed by atoms with Gasteiger partial charge in [0.2, 0.25) is 0 Å². The fraction of sp³-hybridized carbons (Fsp3) is 0. The molecular formula is C50H34N2. The van der Waals surface area contributed by atoms with Gasteiger partial charge in [0.15, 0.2) is 0 Å². The van der Waals surface area contributed by atoms with Crippen molar-refractivity contribution >= 4 is 55.8 Å². The maximum Gasteiger partial charge on any atom is 0.0541 e. The van der Waals surface area contributed by atoms with Crippen molar-refractivity contribution in [2.24, 2.45) is 0 Å². The lowest BCUT2D eigenvalue weighted by molar-refractivity contribution is 1.18. The van der Waals surface area contributed by atoms with E-state index in [-0.39, 0.29) is 0 Å². The topological polar surface area (TPSA) is 9.86 Å². The second-order valence-electron chi connectivity index (χ2n) is 13.4. The van der Waals surface area contributed by atoms with Gasteiger partial charge in [0.25, 0.3) is 0 Å². The summed E-state index contributed by atoms with van der Waals surface area (Å²) in [6, 6.07) is 70.0. The third-order valence-electron chi connectivity index (χ3n) is 10.3. The monoisotopic (exact) mass is 662 g/mol. The Labute approximate surface area is 302 Å².